The van der Waals surface area contributed by atoms with Gasteiger partial charge in [0.05, 0.1) is 9.82 Å². The van der Waals surface area contributed by atoms with Crippen LogP contribution in [-0.4, -0.2) is 26.4 Å². The second-order valence-electron chi connectivity index (χ2n) is 4.41. The Kier molecular flexibility index (Phi) is 5.08. The van der Waals surface area contributed by atoms with E-state index in [1.807, 2.05) is 0 Å². The molecule has 0 unspecified atom stereocenters. The van der Waals surface area contributed by atoms with Crippen LogP contribution in [0, 0.1) is 10.1 Å². The van der Waals surface area contributed by atoms with Crippen LogP contribution >= 0.6 is 0 Å². The van der Waals surface area contributed by atoms with E-state index >= 15 is 0 Å². The van der Waals surface area contributed by atoms with Gasteiger partial charge in [0.15, 0.2) is 0 Å². The molecule has 2 N–H and O–H groups in total. The first-order chi connectivity index (χ1) is 10.5. The fourth-order valence-corrected chi connectivity index (χ4v) is 2.90. The van der Waals surface area contributed by atoms with Crippen molar-refractivity contribution >= 4 is 21.4 Å². The molecule has 2 aromatic carbocycles. The highest BCUT2D eigenvalue weighted by atomic mass is 32.2. The van der Waals surface area contributed by atoms with Gasteiger partial charge < -0.3 is 5.32 Å². The second-order valence-corrected chi connectivity index (χ2v) is 6.18. The lowest BCUT2D eigenvalue weighted by atomic mass is 10.2. The summed E-state index contributed by atoms with van der Waals surface area (Å²) < 4.78 is 26.4. The Morgan fingerprint density at radius 3 is 2.27 bits per heavy atom. The SMILES string of the molecule is O=[N+]([O-])c1ccccc1NCCNS(=O)(=O)c1ccccc1. The first kappa shape index (κ1) is 15.9. The zero-order valence-corrected chi connectivity index (χ0v) is 12.4. The summed E-state index contributed by atoms with van der Waals surface area (Å²) in [5, 5.41) is 13.7. The molecular formula is C14H15N3O4S. The van der Waals surface area contributed by atoms with Gasteiger partial charge in [0.1, 0.15) is 5.69 Å². The minimum atomic E-state index is -3.57. The molecule has 0 saturated heterocycles. The van der Waals surface area contributed by atoms with Gasteiger partial charge in [-0.25, -0.2) is 13.1 Å². The van der Waals surface area contributed by atoms with Crippen LogP contribution in [0.5, 0.6) is 0 Å². The molecule has 2 rings (SSSR count). The topological polar surface area (TPSA) is 101 Å². The number of rotatable bonds is 7. The maximum Gasteiger partial charge on any atom is 0.292 e. The van der Waals surface area contributed by atoms with E-state index in [9.17, 15) is 18.5 Å². The molecular weight excluding hydrogens is 306 g/mol. The van der Waals surface area contributed by atoms with Crippen LogP contribution in [0.15, 0.2) is 59.5 Å². The maximum atomic E-state index is 12.0. The molecule has 8 heteroatoms. The molecule has 0 aromatic heterocycles. The van der Waals surface area contributed by atoms with Crippen molar-refractivity contribution in [2.45, 2.75) is 4.90 Å². The largest absolute Gasteiger partial charge is 0.378 e. The van der Waals surface area contributed by atoms with Crippen LogP contribution in [0.3, 0.4) is 0 Å². The number of hydrogen-bond donors (Lipinski definition) is 2. The summed E-state index contributed by atoms with van der Waals surface area (Å²) in [5.41, 5.74) is 0.305. The van der Waals surface area contributed by atoms with E-state index < -0.39 is 14.9 Å². The van der Waals surface area contributed by atoms with Crippen molar-refractivity contribution in [3.8, 4) is 0 Å². The summed E-state index contributed by atoms with van der Waals surface area (Å²) in [7, 11) is -3.57. The van der Waals surface area contributed by atoms with Gasteiger partial charge in [0.2, 0.25) is 10.0 Å². The van der Waals surface area contributed by atoms with Gasteiger partial charge in [0.25, 0.3) is 5.69 Å². The molecule has 2 aromatic rings. The average molecular weight is 321 g/mol. The van der Waals surface area contributed by atoms with Crippen LogP contribution in [-0.2, 0) is 10.0 Å². The van der Waals surface area contributed by atoms with Crippen LogP contribution in [0.25, 0.3) is 0 Å². The number of nitrogens with zero attached hydrogens (tertiary/aromatic N) is 1. The van der Waals surface area contributed by atoms with Crippen molar-refractivity contribution in [2.24, 2.45) is 0 Å². The predicted octanol–water partition coefficient (Wildman–Crippen LogP) is 1.99. The minimum Gasteiger partial charge on any atom is -0.378 e. The van der Waals surface area contributed by atoms with Gasteiger partial charge in [-0.05, 0) is 18.2 Å². The van der Waals surface area contributed by atoms with Gasteiger partial charge in [-0.3, -0.25) is 10.1 Å². The monoisotopic (exact) mass is 321 g/mol. The number of anilines is 1. The quantitative estimate of drug-likeness (QED) is 0.461. The van der Waals surface area contributed by atoms with Crippen LogP contribution in [0.1, 0.15) is 0 Å². The lowest BCUT2D eigenvalue weighted by molar-refractivity contribution is -0.384. The molecule has 116 valence electrons. The number of benzene rings is 2. The molecule has 0 aliphatic heterocycles. The number of nitrogens with one attached hydrogen (secondary N) is 2. The zero-order chi connectivity index (χ0) is 16.0. The van der Waals surface area contributed by atoms with Crippen molar-refractivity contribution < 1.29 is 13.3 Å². The van der Waals surface area contributed by atoms with E-state index in [0.29, 0.717) is 5.69 Å². The summed E-state index contributed by atoms with van der Waals surface area (Å²) in [6.45, 7) is 0.347. The second kappa shape index (κ2) is 7.01. The summed E-state index contributed by atoms with van der Waals surface area (Å²) in [5.74, 6) is 0. The number of nitro benzene ring substituents is 1. The summed E-state index contributed by atoms with van der Waals surface area (Å²) in [4.78, 5) is 10.5. The Hall–Kier alpha value is -2.45. The van der Waals surface area contributed by atoms with E-state index in [4.69, 9.17) is 0 Å². The van der Waals surface area contributed by atoms with Crippen molar-refractivity contribution in [1.29, 1.82) is 0 Å². The third kappa shape index (κ3) is 4.03. The smallest absolute Gasteiger partial charge is 0.292 e. The Labute approximate surface area is 128 Å². The van der Waals surface area contributed by atoms with Crippen LogP contribution < -0.4 is 10.0 Å². The van der Waals surface area contributed by atoms with Crippen LogP contribution in [0.2, 0.25) is 0 Å². The summed E-state index contributed by atoms with van der Waals surface area (Å²) >= 11 is 0. The molecule has 0 fully saturated rings. The molecule has 7 nitrogen and oxygen atoms in total. The highest BCUT2D eigenvalue weighted by Gasteiger charge is 2.14. The molecule has 0 amide bonds. The Morgan fingerprint density at radius 1 is 0.955 bits per heavy atom. The molecule has 0 aliphatic carbocycles. The lowest BCUT2D eigenvalue weighted by Gasteiger charge is -2.09. The normalized spacial score (nSPS) is 11.1. The molecule has 0 heterocycles. The van der Waals surface area contributed by atoms with Crippen molar-refractivity contribution in [2.75, 3.05) is 18.4 Å². The van der Waals surface area contributed by atoms with Gasteiger partial charge in [0, 0.05) is 19.2 Å². The lowest BCUT2D eigenvalue weighted by Crippen LogP contribution is -2.29. The first-order valence-corrected chi connectivity index (χ1v) is 8.01. The molecule has 0 atom stereocenters. The van der Waals surface area contributed by atoms with Gasteiger partial charge in [-0.2, -0.15) is 0 Å². The highest BCUT2D eigenvalue weighted by Crippen LogP contribution is 2.22. The van der Waals surface area contributed by atoms with E-state index in [0.717, 1.165) is 0 Å². The first-order valence-electron chi connectivity index (χ1n) is 6.53. The summed E-state index contributed by atoms with van der Waals surface area (Å²) in [6, 6.07) is 14.2. The van der Waals surface area contributed by atoms with Crippen molar-refractivity contribution in [1.82, 2.24) is 4.72 Å². The van der Waals surface area contributed by atoms with E-state index in [1.165, 1.54) is 18.2 Å². The molecule has 0 bridgehead atoms. The molecule has 0 radical (unpaired) electrons. The van der Waals surface area contributed by atoms with Crippen LogP contribution in [0.4, 0.5) is 11.4 Å². The predicted molar refractivity (Wildman–Crippen MR) is 83.2 cm³/mol. The number of sulfonamides is 1. The van der Waals surface area contributed by atoms with E-state index in [2.05, 4.69) is 10.0 Å². The standard InChI is InChI=1S/C14H15N3O4S/c18-17(19)14-9-5-4-8-13(14)15-10-11-16-22(20,21)12-6-2-1-3-7-12/h1-9,15-16H,10-11H2. The average Bonchev–Trinajstić information content (AvgIpc) is 2.53. The van der Waals surface area contributed by atoms with E-state index in [1.54, 1.807) is 36.4 Å². The van der Waals surface area contributed by atoms with Gasteiger partial charge >= 0.3 is 0 Å². The number of nitro groups is 1. The molecule has 0 aliphatic rings. The Balaban J connectivity index is 1.92. The number of hydrogen-bond acceptors (Lipinski definition) is 5. The third-order valence-electron chi connectivity index (χ3n) is 2.89. The molecule has 0 saturated carbocycles. The van der Waals surface area contributed by atoms with Gasteiger partial charge in [-0.15, -0.1) is 0 Å². The fourth-order valence-electron chi connectivity index (χ4n) is 1.85. The van der Waals surface area contributed by atoms with Crippen molar-refractivity contribution in [3.63, 3.8) is 0 Å². The molecule has 22 heavy (non-hydrogen) atoms. The Bertz CT molecular complexity index is 748. The highest BCUT2D eigenvalue weighted by molar-refractivity contribution is 7.89. The fraction of sp³-hybridized carbons (Fsp3) is 0.143. The zero-order valence-electron chi connectivity index (χ0n) is 11.6. The van der Waals surface area contributed by atoms with Crippen molar-refractivity contribution in [3.05, 3.63) is 64.7 Å². The Morgan fingerprint density at radius 2 is 1.59 bits per heavy atom. The van der Waals surface area contributed by atoms with Gasteiger partial charge in [-0.1, -0.05) is 30.3 Å². The summed E-state index contributed by atoms with van der Waals surface area (Å²) in [6.07, 6.45) is 0. The van der Waals surface area contributed by atoms with E-state index in [-0.39, 0.29) is 23.7 Å². The minimum absolute atomic E-state index is 0.0478. The third-order valence-corrected chi connectivity index (χ3v) is 4.36. The molecule has 0 spiro atoms. The number of para-hydroxylation sites is 2. The maximum absolute atomic E-state index is 12.0.